The van der Waals surface area contributed by atoms with E-state index in [9.17, 15) is 9.59 Å². The normalized spacial score (nSPS) is 17.5. The highest BCUT2D eigenvalue weighted by Crippen LogP contribution is 2.17. The predicted octanol–water partition coefficient (Wildman–Crippen LogP) is 0.486. The fourth-order valence-corrected chi connectivity index (χ4v) is 2.65. The molecule has 0 N–H and O–H groups in total. The number of hydrogen-bond donors (Lipinski definition) is 0. The molecule has 1 fully saturated rings. The highest BCUT2D eigenvalue weighted by Gasteiger charge is 2.21. The van der Waals surface area contributed by atoms with Crippen LogP contribution in [0.2, 0.25) is 0 Å². The first-order valence-electron chi connectivity index (χ1n) is 7.39. The Bertz CT molecular complexity index is 767. The lowest BCUT2D eigenvalue weighted by molar-refractivity contribution is 0.387. The van der Waals surface area contributed by atoms with E-state index in [1.54, 1.807) is 6.33 Å². The number of aromatic nitrogens is 4. The maximum atomic E-state index is 12.3. The number of aryl methyl sites for hydroxylation is 2. The van der Waals surface area contributed by atoms with Crippen LogP contribution in [0.25, 0.3) is 11.2 Å². The predicted molar refractivity (Wildman–Crippen MR) is 78.5 cm³/mol. The minimum Gasteiger partial charge on any atom is -0.373 e. The fraction of sp³-hybridized carbons (Fsp3) is 0.643. The lowest BCUT2D eigenvalue weighted by Crippen LogP contribution is -2.38. The Hall–Kier alpha value is -1.89. The Balaban J connectivity index is 1.90. The molecule has 3 rings (SSSR count). The van der Waals surface area contributed by atoms with Crippen molar-refractivity contribution in [2.45, 2.75) is 45.4 Å². The van der Waals surface area contributed by atoms with Crippen molar-refractivity contribution in [3.63, 3.8) is 0 Å². The minimum absolute atomic E-state index is 0.275. The smallest absolute Gasteiger partial charge is 0.332 e. The zero-order valence-corrected chi connectivity index (χ0v) is 12.4. The summed E-state index contributed by atoms with van der Waals surface area (Å²) in [6.45, 7) is 4.00. The molecule has 7 nitrogen and oxygen atoms in total. The summed E-state index contributed by atoms with van der Waals surface area (Å²) in [5, 5.41) is 0. The van der Waals surface area contributed by atoms with Gasteiger partial charge in [-0.1, -0.05) is 0 Å². The van der Waals surface area contributed by atoms with E-state index in [-0.39, 0.29) is 11.2 Å². The van der Waals surface area contributed by atoms with Gasteiger partial charge >= 0.3 is 5.69 Å². The molecule has 1 atom stereocenters. The quantitative estimate of drug-likeness (QED) is 0.573. The molecule has 0 saturated carbocycles. The van der Waals surface area contributed by atoms with Gasteiger partial charge in [0.05, 0.1) is 19.0 Å². The third-order valence-electron chi connectivity index (χ3n) is 3.99. The van der Waals surface area contributed by atoms with Crippen LogP contribution < -0.4 is 11.2 Å². The van der Waals surface area contributed by atoms with Crippen molar-refractivity contribution in [1.82, 2.24) is 18.7 Å². The Labute approximate surface area is 121 Å². The monoisotopic (exact) mass is 292 g/mol. The van der Waals surface area contributed by atoms with Gasteiger partial charge in [0.2, 0.25) is 0 Å². The van der Waals surface area contributed by atoms with Gasteiger partial charge in [-0.2, -0.15) is 0 Å². The van der Waals surface area contributed by atoms with Crippen molar-refractivity contribution in [3.8, 4) is 0 Å². The number of epoxide rings is 1. The van der Waals surface area contributed by atoms with Gasteiger partial charge in [0.25, 0.3) is 5.56 Å². The standard InChI is InChI=1S/C14H20N4O3/c1-3-18-12-11(13(19)16(2)14(18)20)17(9-15-12)7-5-4-6-10-8-21-10/h9-10H,3-8H2,1-2H3. The Morgan fingerprint density at radius 1 is 1.38 bits per heavy atom. The average Bonchev–Trinajstić information content (AvgIpc) is 3.21. The Morgan fingerprint density at radius 3 is 2.81 bits per heavy atom. The maximum absolute atomic E-state index is 12.3. The molecule has 0 aromatic carbocycles. The van der Waals surface area contributed by atoms with Crippen molar-refractivity contribution >= 4 is 11.2 Å². The van der Waals surface area contributed by atoms with Gasteiger partial charge in [-0.15, -0.1) is 0 Å². The fourth-order valence-electron chi connectivity index (χ4n) is 2.65. The van der Waals surface area contributed by atoms with Crippen LogP contribution in [0.5, 0.6) is 0 Å². The number of nitrogens with zero attached hydrogens (tertiary/aromatic N) is 4. The van der Waals surface area contributed by atoms with E-state index < -0.39 is 0 Å². The van der Waals surface area contributed by atoms with E-state index >= 15 is 0 Å². The number of imidazole rings is 1. The number of unbranched alkanes of at least 4 members (excludes halogenated alkanes) is 1. The molecule has 0 spiro atoms. The first-order chi connectivity index (χ1) is 10.1. The summed E-state index contributed by atoms with van der Waals surface area (Å²) in [4.78, 5) is 28.6. The Kier molecular flexibility index (Phi) is 3.67. The second kappa shape index (κ2) is 5.48. The van der Waals surface area contributed by atoms with Gasteiger partial charge in [0, 0.05) is 20.1 Å². The van der Waals surface area contributed by atoms with Gasteiger partial charge in [0.1, 0.15) is 0 Å². The molecule has 0 bridgehead atoms. The van der Waals surface area contributed by atoms with Gasteiger partial charge < -0.3 is 9.30 Å². The maximum Gasteiger partial charge on any atom is 0.332 e. The molecule has 7 heteroatoms. The number of fused-ring (bicyclic) bond motifs is 1. The van der Waals surface area contributed by atoms with Crippen LogP contribution in [0.15, 0.2) is 15.9 Å². The summed E-state index contributed by atoms with van der Waals surface area (Å²) in [5.41, 5.74) is 0.409. The molecule has 1 aliphatic heterocycles. The highest BCUT2D eigenvalue weighted by atomic mass is 16.6. The Morgan fingerprint density at radius 2 is 2.14 bits per heavy atom. The van der Waals surface area contributed by atoms with E-state index in [0.29, 0.717) is 23.8 Å². The van der Waals surface area contributed by atoms with Crippen LogP contribution in [0.3, 0.4) is 0 Å². The third kappa shape index (κ3) is 2.53. The molecule has 0 radical (unpaired) electrons. The van der Waals surface area contributed by atoms with E-state index in [2.05, 4.69) is 4.98 Å². The lowest BCUT2D eigenvalue weighted by atomic mass is 10.2. The van der Waals surface area contributed by atoms with Crippen molar-refractivity contribution in [1.29, 1.82) is 0 Å². The summed E-state index contributed by atoms with van der Waals surface area (Å²) >= 11 is 0. The zero-order chi connectivity index (χ0) is 15.0. The topological polar surface area (TPSA) is 74.3 Å². The van der Waals surface area contributed by atoms with E-state index in [1.807, 2.05) is 11.5 Å². The van der Waals surface area contributed by atoms with Crippen LogP contribution in [-0.2, 0) is 24.9 Å². The molecule has 1 aliphatic rings. The SMILES string of the molecule is CCn1c(=O)n(C)c(=O)c2c1ncn2CCCCC1CO1. The molecule has 1 unspecified atom stereocenters. The number of ether oxygens (including phenoxy) is 1. The van der Waals surface area contributed by atoms with Crippen LogP contribution in [0.4, 0.5) is 0 Å². The van der Waals surface area contributed by atoms with Crippen LogP contribution in [-0.4, -0.2) is 31.4 Å². The van der Waals surface area contributed by atoms with E-state index in [4.69, 9.17) is 4.74 Å². The second-order valence-electron chi connectivity index (χ2n) is 5.45. The molecular formula is C14H20N4O3. The van der Waals surface area contributed by atoms with Crippen molar-refractivity contribution in [2.75, 3.05) is 6.61 Å². The zero-order valence-electron chi connectivity index (χ0n) is 12.4. The molecule has 114 valence electrons. The van der Waals surface area contributed by atoms with Gasteiger partial charge in [0.15, 0.2) is 11.2 Å². The molecule has 2 aromatic rings. The second-order valence-corrected chi connectivity index (χ2v) is 5.45. The average molecular weight is 292 g/mol. The molecule has 0 aliphatic carbocycles. The highest BCUT2D eigenvalue weighted by molar-refractivity contribution is 5.70. The molecule has 3 heterocycles. The largest absolute Gasteiger partial charge is 0.373 e. The molecule has 2 aromatic heterocycles. The van der Waals surface area contributed by atoms with Crippen LogP contribution in [0.1, 0.15) is 26.2 Å². The molecule has 0 amide bonds. The molecule has 21 heavy (non-hydrogen) atoms. The van der Waals surface area contributed by atoms with Crippen LogP contribution in [0, 0.1) is 0 Å². The number of hydrogen-bond acceptors (Lipinski definition) is 4. The van der Waals surface area contributed by atoms with Gasteiger partial charge in [-0.05, 0) is 26.2 Å². The summed E-state index contributed by atoms with van der Waals surface area (Å²) in [5.74, 6) is 0. The first-order valence-corrected chi connectivity index (χ1v) is 7.39. The van der Waals surface area contributed by atoms with E-state index in [0.717, 1.165) is 37.0 Å². The number of rotatable bonds is 6. The minimum atomic E-state index is -0.314. The summed E-state index contributed by atoms with van der Waals surface area (Å²) in [7, 11) is 1.51. The van der Waals surface area contributed by atoms with E-state index in [1.165, 1.54) is 11.6 Å². The van der Waals surface area contributed by atoms with Gasteiger partial charge in [-0.25, -0.2) is 9.78 Å². The molecular weight excluding hydrogens is 272 g/mol. The first kappa shape index (κ1) is 14.1. The lowest BCUT2D eigenvalue weighted by Gasteiger charge is -2.08. The van der Waals surface area contributed by atoms with Gasteiger partial charge in [-0.3, -0.25) is 13.9 Å². The van der Waals surface area contributed by atoms with Crippen molar-refractivity contribution in [3.05, 3.63) is 27.2 Å². The summed E-state index contributed by atoms with van der Waals surface area (Å²) in [6.07, 6.45) is 5.22. The summed E-state index contributed by atoms with van der Waals surface area (Å²) < 4.78 is 9.73. The van der Waals surface area contributed by atoms with Crippen molar-refractivity contribution < 1.29 is 4.74 Å². The summed E-state index contributed by atoms with van der Waals surface area (Å²) in [6, 6.07) is 0. The van der Waals surface area contributed by atoms with Crippen LogP contribution >= 0.6 is 0 Å². The van der Waals surface area contributed by atoms with Crippen molar-refractivity contribution in [2.24, 2.45) is 7.05 Å². The third-order valence-corrected chi connectivity index (χ3v) is 3.99. The molecule has 1 saturated heterocycles.